The summed E-state index contributed by atoms with van der Waals surface area (Å²) >= 11 is 0. The van der Waals surface area contributed by atoms with Crippen molar-refractivity contribution in [3.63, 3.8) is 0 Å². The van der Waals surface area contributed by atoms with Crippen LogP contribution in [0.2, 0.25) is 0 Å². The Kier molecular flexibility index (Phi) is 5.68. The van der Waals surface area contributed by atoms with Crippen LogP contribution in [0.25, 0.3) is 0 Å². The molecule has 1 aliphatic rings. The van der Waals surface area contributed by atoms with Gasteiger partial charge in [-0.15, -0.1) is 0 Å². The Morgan fingerprint density at radius 3 is 2.14 bits per heavy atom. The molecule has 1 aliphatic heterocycles. The molecule has 0 aromatic heterocycles. The Bertz CT molecular complexity index is 619. The average molecular weight is 354 g/mol. The number of sulfonamides is 1. The molecule has 7 nitrogen and oxygen atoms in total. The third kappa shape index (κ3) is 4.92. The Hall–Kier alpha value is -0.670. The number of rotatable bonds is 5. The standard InChI is InChI=1S/C13H26N2O5S2/c1-6-14(11-7-8-22(19,20)10-11)12(16)9-15(13(2,3)4)21(5,17)18/h11H,6-10H2,1-5H3. The zero-order valence-electron chi connectivity index (χ0n) is 13.9. The predicted octanol–water partition coefficient (Wildman–Crippen LogP) is 0.0821. The van der Waals surface area contributed by atoms with Crippen LogP contribution in [0.1, 0.15) is 34.1 Å². The summed E-state index contributed by atoms with van der Waals surface area (Å²) in [5.74, 6) is -0.317. The van der Waals surface area contributed by atoms with Crippen LogP contribution in [0.4, 0.5) is 0 Å². The van der Waals surface area contributed by atoms with Gasteiger partial charge in [-0.05, 0) is 34.1 Å². The second-order valence-corrected chi connectivity index (χ2v) is 10.8. The Morgan fingerprint density at radius 1 is 1.27 bits per heavy atom. The number of hydrogen-bond donors (Lipinski definition) is 0. The molecule has 130 valence electrons. The van der Waals surface area contributed by atoms with Crippen molar-refractivity contribution in [3.8, 4) is 0 Å². The molecule has 0 aromatic rings. The lowest BCUT2D eigenvalue weighted by Gasteiger charge is -2.35. The summed E-state index contributed by atoms with van der Waals surface area (Å²) in [5, 5.41) is 0. The first-order valence-electron chi connectivity index (χ1n) is 7.25. The van der Waals surface area contributed by atoms with Gasteiger partial charge in [-0.3, -0.25) is 4.79 Å². The van der Waals surface area contributed by atoms with E-state index in [1.165, 1.54) is 4.90 Å². The minimum atomic E-state index is -3.54. The Balaban J connectivity index is 2.93. The normalized spacial score (nSPS) is 22.0. The second kappa shape index (κ2) is 6.45. The number of nitrogens with zero attached hydrogens (tertiary/aromatic N) is 2. The van der Waals surface area contributed by atoms with Crippen molar-refractivity contribution in [2.24, 2.45) is 0 Å². The van der Waals surface area contributed by atoms with Gasteiger partial charge in [0.05, 0.1) is 24.3 Å². The molecule has 9 heteroatoms. The van der Waals surface area contributed by atoms with Crippen molar-refractivity contribution < 1.29 is 21.6 Å². The summed E-state index contributed by atoms with van der Waals surface area (Å²) in [6.07, 6.45) is 1.48. The van der Waals surface area contributed by atoms with Crippen molar-refractivity contribution in [3.05, 3.63) is 0 Å². The van der Waals surface area contributed by atoms with Crippen LogP contribution in [-0.4, -0.2) is 74.4 Å². The quantitative estimate of drug-likeness (QED) is 0.697. The maximum absolute atomic E-state index is 12.5. The lowest BCUT2D eigenvalue weighted by atomic mass is 10.1. The summed E-state index contributed by atoms with van der Waals surface area (Å²) in [6.45, 7) is 7.02. The summed E-state index contributed by atoms with van der Waals surface area (Å²) in [6, 6.07) is -0.358. The molecular weight excluding hydrogens is 328 g/mol. The van der Waals surface area contributed by atoms with Gasteiger partial charge in [-0.2, -0.15) is 4.31 Å². The molecule has 0 bridgehead atoms. The number of hydrogen-bond acceptors (Lipinski definition) is 5. The second-order valence-electron chi connectivity index (χ2n) is 6.68. The van der Waals surface area contributed by atoms with Gasteiger partial charge in [0.15, 0.2) is 9.84 Å². The van der Waals surface area contributed by atoms with Gasteiger partial charge in [-0.1, -0.05) is 0 Å². The highest BCUT2D eigenvalue weighted by Gasteiger charge is 2.37. The Morgan fingerprint density at radius 2 is 1.82 bits per heavy atom. The molecule has 1 unspecified atom stereocenters. The molecule has 1 rings (SSSR count). The van der Waals surface area contributed by atoms with E-state index in [4.69, 9.17) is 0 Å². The molecule has 1 saturated heterocycles. The lowest BCUT2D eigenvalue weighted by Crippen LogP contribution is -2.52. The largest absolute Gasteiger partial charge is 0.338 e. The van der Waals surface area contributed by atoms with Crippen LogP contribution in [0.5, 0.6) is 0 Å². The SMILES string of the molecule is CCN(C(=O)CN(C(C)(C)C)S(C)(=O)=O)C1CCS(=O)(=O)C1. The van der Waals surface area contributed by atoms with Crippen LogP contribution in [-0.2, 0) is 24.7 Å². The zero-order valence-corrected chi connectivity index (χ0v) is 15.5. The van der Waals surface area contributed by atoms with E-state index in [0.29, 0.717) is 13.0 Å². The molecule has 0 spiro atoms. The summed E-state index contributed by atoms with van der Waals surface area (Å²) in [7, 11) is -6.63. The molecule has 0 aromatic carbocycles. The molecule has 0 N–H and O–H groups in total. The highest BCUT2D eigenvalue weighted by molar-refractivity contribution is 7.91. The fourth-order valence-corrected chi connectivity index (χ4v) is 5.80. The van der Waals surface area contributed by atoms with Crippen LogP contribution in [0.3, 0.4) is 0 Å². The fourth-order valence-electron chi connectivity index (χ4n) is 2.72. The highest BCUT2D eigenvalue weighted by Crippen LogP contribution is 2.21. The number of carbonyl (C=O) groups is 1. The maximum Gasteiger partial charge on any atom is 0.238 e. The summed E-state index contributed by atoms with van der Waals surface area (Å²) < 4.78 is 48.1. The maximum atomic E-state index is 12.5. The molecule has 22 heavy (non-hydrogen) atoms. The average Bonchev–Trinajstić information content (AvgIpc) is 2.64. The summed E-state index contributed by atoms with van der Waals surface area (Å²) in [5.41, 5.74) is -0.718. The van der Waals surface area contributed by atoms with E-state index in [9.17, 15) is 21.6 Å². The van der Waals surface area contributed by atoms with Gasteiger partial charge in [0.1, 0.15) is 0 Å². The molecular formula is C13H26N2O5S2. The third-order valence-corrected chi connectivity index (χ3v) is 6.97. The predicted molar refractivity (Wildman–Crippen MR) is 85.7 cm³/mol. The van der Waals surface area contributed by atoms with Crippen molar-refractivity contribution in [2.45, 2.75) is 45.7 Å². The number of likely N-dealkylation sites (N-methyl/N-ethyl adjacent to an activating group) is 1. The fraction of sp³-hybridized carbons (Fsp3) is 0.923. The van der Waals surface area contributed by atoms with E-state index in [2.05, 4.69) is 0 Å². The minimum absolute atomic E-state index is 0.0407. The zero-order chi connectivity index (χ0) is 17.3. The highest BCUT2D eigenvalue weighted by atomic mass is 32.2. The third-order valence-electron chi connectivity index (χ3n) is 3.74. The minimum Gasteiger partial charge on any atom is -0.338 e. The van der Waals surface area contributed by atoms with Gasteiger partial charge in [0, 0.05) is 18.1 Å². The number of carbonyl (C=O) groups excluding carboxylic acids is 1. The van der Waals surface area contributed by atoms with Crippen molar-refractivity contribution >= 4 is 25.8 Å². The van der Waals surface area contributed by atoms with Crippen LogP contribution < -0.4 is 0 Å². The van der Waals surface area contributed by atoms with Gasteiger partial charge in [0.2, 0.25) is 15.9 Å². The van der Waals surface area contributed by atoms with Gasteiger partial charge in [-0.25, -0.2) is 16.8 Å². The van der Waals surface area contributed by atoms with Crippen LogP contribution >= 0.6 is 0 Å². The molecule has 1 amide bonds. The van der Waals surface area contributed by atoms with E-state index in [1.807, 2.05) is 0 Å². The van der Waals surface area contributed by atoms with E-state index in [1.54, 1.807) is 27.7 Å². The monoisotopic (exact) mass is 354 g/mol. The molecule has 0 radical (unpaired) electrons. The molecule has 1 atom stereocenters. The van der Waals surface area contributed by atoms with E-state index >= 15 is 0 Å². The van der Waals surface area contributed by atoms with E-state index in [0.717, 1.165) is 10.6 Å². The van der Waals surface area contributed by atoms with Crippen LogP contribution in [0.15, 0.2) is 0 Å². The first-order valence-corrected chi connectivity index (χ1v) is 10.9. The van der Waals surface area contributed by atoms with Gasteiger partial charge in [0.25, 0.3) is 0 Å². The van der Waals surface area contributed by atoms with E-state index in [-0.39, 0.29) is 30.0 Å². The Labute approximate surface area is 133 Å². The first kappa shape index (κ1) is 19.4. The molecule has 1 fully saturated rings. The first-order chi connectivity index (χ1) is 9.78. The molecule has 1 heterocycles. The van der Waals surface area contributed by atoms with Crippen molar-refractivity contribution in [1.82, 2.24) is 9.21 Å². The van der Waals surface area contributed by atoms with Crippen molar-refractivity contribution in [1.29, 1.82) is 0 Å². The molecule has 0 saturated carbocycles. The molecule has 0 aliphatic carbocycles. The number of sulfone groups is 1. The van der Waals surface area contributed by atoms with Gasteiger partial charge >= 0.3 is 0 Å². The van der Waals surface area contributed by atoms with Gasteiger partial charge < -0.3 is 4.90 Å². The van der Waals surface area contributed by atoms with Crippen molar-refractivity contribution in [2.75, 3.05) is 30.9 Å². The topological polar surface area (TPSA) is 91.8 Å². The van der Waals surface area contributed by atoms with Crippen LogP contribution in [0, 0.1) is 0 Å². The summed E-state index contributed by atoms with van der Waals surface area (Å²) in [4.78, 5) is 14.0. The number of amides is 1. The van der Waals surface area contributed by atoms with E-state index < -0.39 is 25.4 Å². The lowest BCUT2D eigenvalue weighted by molar-refractivity contribution is -0.133. The smallest absolute Gasteiger partial charge is 0.238 e.